The molecule has 0 aliphatic carbocycles. The van der Waals surface area contributed by atoms with Crippen molar-refractivity contribution < 1.29 is 19.0 Å². The van der Waals surface area contributed by atoms with Gasteiger partial charge in [-0.15, -0.1) is 0 Å². The summed E-state index contributed by atoms with van der Waals surface area (Å²) in [5, 5.41) is 12.4. The van der Waals surface area contributed by atoms with Gasteiger partial charge in [-0.1, -0.05) is 0 Å². The number of aromatic nitrogens is 1. The van der Waals surface area contributed by atoms with Crippen LogP contribution in [0.2, 0.25) is 0 Å². The number of halogens is 1. The summed E-state index contributed by atoms with van der Waals surface area (Å²) in [6, 6.07) is 17.6. The number of urea groups is 1. The predicted molar refractivity (Wildman–Crippen MR) is 134 cm³/mol. The molecular weight excluding hydrogens is 447 g/mol. The molecule has 1 saturated heterocycles. The fourth-order valence-electron chi connectivity index (χ4n) is 3.98. The van der Waals surface area contributed by atoms with Crippen molar-refractivity contribution in [3.63, 3.8) is 0 Å². The van der Waals surface area contributed by atoms with Crippen molar-refractivity contribution in [3.05, 3.63) is 72.2 Å². The van der Waals surface area contributed by atoms with Crippen LogP contribution in [-0.4, -0.2) is 59.8 Å². The minimum Gasteiger partial charge on any atom is -0.457 e. The van der Waals surface area contributed by atoms with E-state index in [1.54, 1.807) is 12.1 Å². The predicted octanol–water partition coefficient (Wildman–Crippen LogP) is 4.45. The van der Waals surface area contributed by atoms with E-state index in [-0.39, 0.29) is 24.5 Å². The zero-order valence-corrected chi connectivity index (χ0v) is 20.1. The van der Waals surface area contributed by atoms with E-state index in [2.05, 4.69) is 10.2 Å². The number of nitrogens with zero attached hydrogens (tertiary/aromatic N) is 3. The SMILES string of the molecule is CC(C)NC(=O)N1CCN(c2cc(CCO)nc(-c3ccc(Oc4ccc(F)cc4)cc3)c2)CC1. The molecule has 0 unspecified atom stereocenters. The van der Waals surface area contributed by atoms with Crippen molar-refractivity contribution in [2.45, 2.75) is 26.3 Å². The molecule has 0 radical (unpaired) electrons. The first-order valence-corrected chi connectivity index (χ1v) is 11.9. The van der Waals surface area contributed by atoms with Crippen molar-refractivity contribution >= 4 is 11.7 Å². The average Bonchev–Trinajstić information content (AvgIpc) is 2.86. The highest BCUT2D eigenvalue weighted by Gasteiger charge is 2.22. The van der Waals surface area contributed by atoms with Crippen LogP contribution < -0.4 is 15.0 Å². The number of ether oxygens (including phenoxy) is 1. The zero-order chi connectivity index (χ0) is 24.8. The number of pyridine rings is 1. The fraction of sp³-hybridized carbons (Fsp3) is 0.333. The molecule has 2 N–H and O–H groups in total. The van der Waals surface area contributed by atoms with Crippen LogP contribution >= 0.6 is 0 Å². The lowest BCUT2D eigenvalue weighted by molar-refractivity contribution is 0.192. The number of piperazine rings is 1. The van der Waals surface area contributed by atoms with Crippen molar-refractivity contribution in [1.82, 2.24) is 15.2 Å². The second-order valence-electron chi connectivity index (χ2n) is 8.83. The van der Waals surface area contributed by atoms with Gasteiger partial charge in [-0.25, -0.2) is 9.18 Å². The van der Waals surface area contributed by atoms with Crippen LogP contribution in [0.5, 0.6) is 11.5 Å². The lowest BCUT2D eigenvalue weighted by atomic mass is 10.1. The van der Waals surface area contributed by atoms with Crippen LogP contribution in [0, 0.1) is 5.82 Å². The van der Waals surface area contributed by atoms with Crippen LogP contribution in [0.4, 0.5) is 14.9 Å². The van der Waals surface area contributed by atoms with Gasteiger partial charge in [0.1, 0.15) is 17.3 Å². The number of nitrogens with one attached hydrogen (secondary N) is 1. The zero-order valence-electron chi connectivity index (χ0n) is 20.1. The van der Waals surface area contributed by atoms with Gasteiger partial charge in [0.25, 0.3) is 0 Å². The number of anilines is 1. The molecule has 2 aromatic carbocycles. The number of amides is 2. The molecule has 0 saturated carbocycles. The van der Waals surface area contributed by atoms with E-state index < -0.39 is 0 Å². The van der Waals surface area contributed by atoms with E-state index in [1.165, 1.54) is 12.1 Å². The molecule has 1 fully saturated rings. The second-order valence-corrected chi connectivity index (χ2v) is 8.83. The van der Waals surface area contributed by atoms with E-state index in [9.17, 15) is 14.3 Å². The number of benzene rings is 2. The number of rotatable bonds is 7. The molecule has 35 heavy (non-hydrogen) atoms. The Bertz CT molecular complexity index is 1130. The summed E-state index contributed by atoms with van der Waals surface area (Å²) in [7, 11) is 0. The maximum atomic E-state index is 13.1. The normalized spacial score (nSPS) is 13.7. The Labute approximate surface area is 205 Å². The summed E-state index contributed by atoms with van der Waals surface area (Å²) in [4.78, 5) is 21.2. The third kappa shape index (κ3) is 6.48. The van der Waals surface area contributed by atoms with Crippen LogP contribution in [0.3, 0.4) is 0 Å². The molecule has 2 heterocycles. The quantitative estimate of drug-likeness (QED) is 0.525. The molecule has 1 aliphatic heterocycles. The van der Waals surface area contributed by atoms with Crippen LogP contribution in [-0.2, 0) is 6.42 Å². The molecule has 0 bridgehead atoms. The molecule has 184 valence electrons. The smallest absolute Gasteiger partial charge is 0.317 e. The van der Waals surface area contributed by atoms with Crippen molar-refractivity contribution in [2.75, 3.05) is 37.7 Å². The molecule has 8 heteroatoms. The Kier molecular flexibility index (Phi) is 7.82. The molecule has 2 amide bonds. The van der Waals surface area contributed by atoms with Crippen molar-refractivity contribution in [2.24, 2.45) is 0 Å². The van der Waals surface area contributed by atoms with E-state index >= 15 is 0 Å². The summed E-state index contributed by atoms with van der Waals surface area (Å²) in [6.07, 6.45) is 0.462. The number of carbonyl (C=O) groups is 1. The Balaban J connectivity index is 1.49. The molecule has 7 nitrogen and oxygen atoms in total. The van der Waals surface area contributed by atoms with Crippen LogP contribution in [0.1, 0.15) is 19.5 Å². The van der Waals surface area contributed by atoms with Gasteiger partial charge in [0.05, 0.1) is 5.69 Å². The highest BCUT2D eigenvalue weighted by molar-refractivity contribution is 5.75. The second kappa shape index (κ2) is 11.2. The van der Waals surface area contributed by atoms with E-state index in [0.29, 0.717) is 31.0 Å². The first kappa shape index (κ1) is 24.5. The average molecular weight is 479 g/mol. The summed E-state index contributed by atoms with van der Waals surface area (Å²) in [5.74, 6) is 0.895. The number of aliphatic hydroxyl groups is 1. The van der Waals surface area contributed by atoms with E-state index in [4.69, 9.17) is 9.72 Å². The van der Waals surface area contributed by atoms with E-state index in [0.717, 1.165) is 35.7 Å². The van der Waals surface area contributed by atoms with Gasteiger partial charge in [-0.2, -0.15) is 0 Å². The molecule has 3 aromatic rings. The monoisotopic (exact) mass is 478 g/mol. The van der Waals surface area contributed by atoms with Gasteiger partial charge in [0, 0.05) is 62.2 Å². The van der Waals surface area contributed by atoms with Gasteiger partial charge in [-0.3, -0.25) is 4.98 Å². The number of hydrogen-bond donors (Lipinski definition) is 2. The Morgan fingerprint density at radius 2 is 1.66 bits per heavy atom. The fourth-order valence-corrected chi connectivity index (χ4v) is 3.98. The highest BCUT2D eigenvalue weighted by atomic mass is 19.1. The Morgan fingerprint density at radius 3 is 2.26 bits per heavy atom. The molecule has 0 spiro atoms. The lowest BCUT2D eigenvalue weighted by Crippen LogP contribution is -2.53. The van der Waals surface area contributed by atoms with E-state index in [1.807, 2.05) is 55.1 Å². The highest BCUT2D eigenvalue weighted by Crippen LogP contribution is 2.28. The minimum absolute atomic E-state index is 0.0174. The summed E-state index contributed by atoms with van der Waals surface area (Å²) < 4.78 is 18.9. The van der Waals surface area contributed by atoms with Gasteiger partial charge in [0.2, 0.25) is 0 Å². The maximum absolute atomic E-state index is 13.1. The lowest BCUT2D eigenvalue weighted by Gasteiger charge is -2.36. The Hall–Kier alpha value is -3.65. The third-order valence-corrected chi connectivity index (χ3v) is 5.77. The Morgan fingerprint density at radius 1 is 1.03 bits per heavy atom. The maximum Gasteiger partial charge on any atom is 0.317 e. The van der Waals surface area contributed by atoms with Crippen molar-refractivity contribution in [1.29, 1.82) is 0 Å². The standard InChI is InChI=1S/C27H31FN4O3/c1-19(2)29-27(34)32-14-12-31(13-15-32)23-17-22(11-16-33)30-26(18-23)20-3-7-24(8-4-20)35-25-9-5-21(28)6-10-25/h3-10,17-19,33H,11-16H2,1-2H3,(H,29,34). The molecule has 1 aromatic heterocycles. The summed E-state index contributed by atoms with van der Waals surface area (Å²) >= 11 is 0. The summed E-state index contributed by atoms with van der Waals surface area (Å²) in [5.41, 5.74) is 3.56. The summed E-state index contributed by atoms with van der Waals surface area (Å²) in [6.45, 7) is 6.65. The van der Waals surface area contributed by atoms with Gasteiger partial charge in [-0.05, 0) is 74.5 Å². The third-order valence-electron chi connectivity index (χ3n) is 5.77. The minimum atomic E-state index is -0.308. The topological polar surface area (TPSA) is 77.9 Å². The first-order valence-electron chi connectivity index (χ1n) is 11.9. The molecule has 0 atom stereocenters. The van der Waals surface area contributed by atoms with Gasteiger partial charge in [0.15, 0.2) is 0 Å². The number of aliphatic hydroxyl groups excluding tert-OH is 1. The van der Waals surface area contributed by atoms with Gasteiger partial charge < -0.3 is 25.0 Å². The van der Waals surface area contributed by atoms with Crippen LogP contribution in [0.15, 0.2) is 60.7 Å². The molecule has 4 rings (SSSR count). The number of carbonyl (C=O) groups excluding carboxylic acids is 1. The molecule has 1 aliphatic rings. The van der Waals surface area contributed by atoms with Crippen LogP contribution in [0.25, 0.3) is 11.3 Å². The molecular formula is C27H31FN4O3. The van der Waals surface area contributed by atoms with Gasteiger partial charge >= 0.3 is 6.03 Å². The number of hydrogen-bond acceptors (Lipinski definition) is 5. The van der Waals surface area contributed by atoms with Crippen molar-refractivity contribution in [3.8, 4) is 22.8 Å². The largest absolute Gasteiger partial charge is 0.457 e. The first-order chi connectivity index (χ1) is 16.9.